The minimum Gasteiger partial charge on any atom is -0.466 e. The number of esters is 1. The van der Waals surface area contributed by atoms with E-state index in [4.69, 9.17) is 4.74 Å². The fourth-order valence-electron chi connectivity index (χ4n) is 1.08. The molecule has 0 aromatic rings. The molecule has 0 atom stereocenters. The molecule has 0 aromatic heterocycles. The SMILES string of the molecule is CC(=O)OCCCC=CCCC(C)C. The number of ether oxygens (including phenoxy) is 1. The van der Waals surface area contributed by atoms with E-state index in [1.54, 1.807) is 0 Å². The molecule has 0 rings (SSSR count). The van der Waals surface area contributed by atoms with E-state index in [0.717, 1.165) is 25.2 Å². The van der Waals surface area contributed by atoms with E-state index in [0.29, 0.717) is 6.61 Å². The van der Waals surface area contributed by atoms with Gasteiger partial charge in [0.05, 0.1) is 6.61 Å². The Balaban J connectivity index is 3.15. The molecule has 0 saturated carbocycles. The van der Waals surface area contributed by atoms with Crippen molar-refractivity contribution in [2.24, 2.45) is 5.92 Å². The number of allylic oxidation sites excluding steroid dienone is 2. The number of hydrogen-bond donors (Lipinski definition) is 0. The first-order valence-electron chi connectivity index (χ1n) is 5.41. The molecule has 0 fully saturated rings. The van der Waals surface area contributed by atoms with E-state index in [2.05, 4.69) is 26.0 Å². The molecule has 0 unspecified atom stereocenters. The average molecular weight is 198 g/mol. The number of carbonyl (C=O) groups excluding carboxylic acids is 1. The van der Waals surface area contributed by atoms with E-state index >= 15 is 0 Å². The van der Waals surface area contributed by atoms with Crippen LogP contribution in [0.3, 0.4) is 0 Å². The highest BCUT2D eigenvalue weighted by atomic mass is 16.5. The maximum atomic E-state index is 10.4. The van der Waals surface area contributed by atoms with Crippen LogP contribution >= 0.6 is 0 Å². The topological polar surface area (TPSA) is 26.3 Å². The molecule has 0 heterocycles. The number of carbonyl (C=O) groups is 1. The van der Waals surface area contributed by atoms with Gasteiger partial charge in [0.2, 0.25) is 0 Å². The van der Waals surface area contributed by atoms with Crippen molar-refractivity contribution in [3.05, 3.63) is 12.2 Å². The van der Waals surface area contributed by atoms with Gasteiger partial charge >= 0.3 is 5.97 Å². The molecule has 0 aliphatic carbocycles. The first-order chi connectivity index (χ1) is 6.63. The van der Waals surface area contributed by atoms with Crippen molar-refractivity contribution in [3.63, 3.8) is 0 Å². The minimum atomic E-state index is -0.186. The molecule has 0 saturated heterocycles. The molecule has 0 spiro atoms. The van der Waals surface area contributed by atoms with Crippen LogP contribution in [-0.2, 0) is 9.53 Å². The lowest BCUT2D eigenvalue weighted by Gasteiger charge is -2.00. The Labute approximate surface area is 87.3 Å². The first kappa shape index (κ1) is 13.2. The predicted octanol–water partition coefficient (Wildman–Crippen LogP) is 3.32. The maximum absolute atomic E-state index is 10.4. The summed E-state index contributed by atoms with van der Waals surface area (Å²) in [6, 6.07) is 0. The largest absolute Gasteiger partial charge is 0.466 e. The summed E-state index contributed by atoms with van der Waals surface area (Å²) in [5.74, 6) is 0.592. The molecule has 0 aliphatic rings. The first-order valence-corrected chi connectivity index (χ1v) is 5.41. The summed E-state index contributed by atoms with van der Waals surface area (Å²) < 4.78 is 4.81. The smallest absolute Gasteiger partial charge is 0.302 e. The van der Waals surface area contributed by atoms with Crippen molar-refractivity contribution < 1.29 is 9.53 Å². The van der Waals surface area contributed by atoms with Crippen LogP contribution in [-0.4, -0.2) is 12.6 Å². The van der Waals surface area contributed by atoms with Crippen molar-refractivity contribution in [1.29, 1.82) is 0 Å². The second-order valence-electron chi connectivity index (χ2n) is 3.92. The van der Waals surface area contributed by atoms with Crippen LogP contribution in [0.2, 0.25) is 0 Å². The fourth-order valence-corrected chi connectivity index (χ4v) is 1.08. The standard InChI is InChI=1S/C12H22O2/c1-11(2)9-7-5-4-6-8-10-14-12(3)13/h4-5,11H,6-10H2,1-3H3. The third-order valence-electron chi connectivity index (χ3n) is 1.90. The highest BCUT2D eigenvalue weighted by molar-refractivity contribution is 5.65. The third kappa shape index (κ3) is 11.2. The van der Waals surface area contributed by atoms with Crippen LogP contribution in [0.5, 0.6) is 0 Å². The highest BCUT2D eigenvalue weighted by Gasteiger charge is 1.91. The van der Waals surface area contributed by atoms with Crippen LogP contribution in [0.25, 0.3) is 0 Å². The summed E-state index contributed by atoms with van der Waals surface area (Å²) >= 11 is 0. The summed E-state index contributed by atoms with van der Waals surface area (Å²) in [7, 11) is 0. The van der Waals surface area contributed by atoms with Gasteiger partial charge in [-0.25, -0.2) is 0 Å². The normalized spacial score (nSPS) is 11.1. The lowest BCUT2D eigenvalue weighted by Crippen LogP contribution is -1.99. The Bertz CT molecular complexity index is 171. The Kier molecular flexibility index (Phi) is 8.30. The van der Waals surface area contributed by atoms with Gasteiger partial charge in [-0.05, 0) is 31.6 Å². The quantitative estimate of drug-likeness (QED) is 0.356. The van der Waals surface area contributed by atoms with Gasteiger partial charge < -0.3 is 4.74 Å². The zero-order valence-electron chi connectivity index (χ0n) is 9.58. The summed E-state index contributed by atoms with van der Waals surface area (Å²) in [6.45, 7) is 6.45. The van der Waals surface area contributed by atoms with E-state index < -0.39 is 0 Å². The van der Waals surface area contributed by atoms with Crippen molar-refractivity contribution in [2.45, 2.75) is 46.5 Å². The summed E-state index contributed by atoms with van der Waals surface area (Å²) in [6.07, 6.45) is 8.73. The molecule has 2 heteroatoms. The average Bonchev–Trinajstić information content (AvgIpc) is 2.08. The molecule has 0 bridgehead atoms. The molecular formula is C12H22O2. The molecule has 0 amide bonds. The number of rotatable bonds is 7. The van der Waals surface area contributed by atoms with Crippen LogP contribution in [0.1, 0.15) is 46.5 Å². The molecule has 82 valence electrons. The zero-order chi connectivity index (χ0) is 10.8. The van der Waals surface area contributed by atoms with Crippen LogP contribution in [0.4, 0.5) is 0 Å². The van der Waals surface area contributed by atoms with Crippen molar-refractivity contribution >= 4 is 5.97 Å². The maximum Gasteiger partial charge on any atom is 0.302 e. The molecular weight excluding hydrogens is 176 g/mol. The van der Waals surface area contributed by atoms with E-state index in [1.807, 2.05) is 0 Å². The van der Waals surface area contributed by atoms with Crippen LogP contribution in [0, 0.1) is 5.92 Å². The lowest BCUT2D eigenvalue weighted by atomic mass is 10.1. The Morgan fingerprint density at radius 1 is 1.29 bits per heavy atom. The van der Waals surface area contributed by atoms with Crippen LogP contribution in [0.15, 0.2) is 12.2 Å². The van der Waals surface area contributed by atoms with Gasteiger partial charge in [-0.15, -0.1) is 0 Å². The van der Waals surface area contributed by atoms with Crippen molar-refractivity contribution in [2.75, 3.05) is 6.61 Å². The predicted molar refractivity (Wildman–Crippen MR) is 59.1 cm³/mol. The molecule has 14 heavy (non-hydrogen) atoms. The Hall–Kier alpha value is -0.790. The van der Waals surface area contributed by atoms with Crippen molar-refractivity contribution in [1.82, 2.24) is 0 Å². The van der Waals surface area contributed by atoms with E-state index in [1.165, 1.54) is 13.3 Å². The van der Waals surface area contributed by atoms with Gasteiger partial charge in [-0.2, -0.15) is 0 Å². The third-order valence-corrected chi connectivity index (χ3v) is 1.90. The monoisotopic (exact) mass is 198 g/mol. The van der Waals surface area contributed by atoms with Crippen molar-refractivity contribution in [3.8, 4) is 0 Å². The Morgan fingerprint density at radius 2 is 1.93 bits per heavy atom. The van der Waals surface area contributed by atoms with Gasteiger partial charge in [-0.3, -0.25) is 4.79 Å². The molecule has 2 nitrogen and oxygen atoms in total. The number of hydrogen-bond acceptors (Lipinski definition) is 2. The van der Waals surface area contributed by atoms with Gasteiger partial charge in [0.1, 0.15) is 0 Å². The second-order valence-corrected chi connectivity index (χ2v) is 3.92. The Morgan fingerprint density at radius 3 is 2.50 bits per heavy atom. The molecule has 0 N–H and O–H groups in total. The van der Waals surface area contributed by atoms with Gasteiger partial charge in [0.15, 0.2) is 0 Å². The highest BCUT2D eigenvalue weighted by Crippen LogP contribution is 2.04. The zero-order valence-corrected chi connectivity index (χ0v) is 9.58. The van der Waals surface area contributed by atoms with Gasteiger partial charge in [0.25, 0.3) is 0 Å². The number of unbranched alkanes of at least 4 members (excludes halogenated alkanes) is 1. The summed E-state index contributed by atoms with van der Waals surface area (Å²) in [5.41, 5.74) is 0. The van der Waals surface area contributed by atoms with Gasteiger partial charge in [0, 0.05) is 6.92 Å². The lowest BCUT2D eigenvalue weighted by molar-refractivity contribution is -0.141. The summed E-state index contributed by atoms with van der Waals surface area (Å²) in [4.78, 5) is 10.4. The van der Waals surface area contributed by atoms with E-state index in [-0.39, 0.29) is 5.97 Å². The minimum absolute atomic E-state index is 0.186. The molecule has 0 radical (unpaired) electrons. The summed E-state index contributed by atoms with van der Waals surface area (Å²) in [5, 5.41) is 0. The molecule has 0 aromatic carbocycles. The van der Waals surface area contributed by atoms with E-state index in [9.17, 15) is 4.79 Å². The van der Waals surface area contributed by atoms with Gasteiger partial charge in [-0.1, -0.05) is 26.0 Å². The second kappa shape index (κ2) is 8.79. The molecule has 0 aliphatic heterocycles. The fraction of sp³-hybridized carbons (Fsp3) is 0.750. The van der Waals surface area contributed by atoms with Crippen LogP contribution < -0.4 is 0 Å².